The highest BCUT2D eigenvalue weighted by atomic mass is 16.2. The molecule has 0 N–H and O–H groups in total. The fraction of sp³-hybridized carbons (Fsp3) is 0.545. The van der Waals surface area contributed by atoms with Crippen molar-refractivity contribution in [1.29, 1.82) is 0 Å². The Labute approximate surface area is 181 Å². The summed E-state index contributed by atoms with van der Waals surface area (Å²) in [5.74, 6) is 0.939. The smallest absolute Gasteiger partial charge is 0.272 e. The average Bonchev–Trinajstić information content (AvgIpc) is 3.02. The molecule has 0 unspecified atom stereocenters. The predicted molar refractivity (Wildman–Crippen MR) is 113 cm³/mol. The van der Waals surface area contributed by atoms with Gasteiger partial charge in [-0.05, 0) is 44.2 Å². The minimum Gasteiger partial charge on any atom is -0.341 e. The molecule has 0 bridgehead atoms. The topological polar surface area (TPSA) is 95.4 Å². The second-order valence-electron chi connectivity index (χ2n) is 8.97. The molecule has 9 heteroatoms. The van der Waals surface area contributed by atoms with Gasteiger partial charge in [-0.2, -0.15) is 0 Å². The number of carbonyl (C=O) groups is 2. The Hall–Kier alpha value is -3.10. The first-order chi connectivity index (χ1) is 15.0. The van der Waals surface area contributed by atoms with E-state index in [-0.39, 0.29) is 22.8 Å². The Morgan fingerprint density at radius 1 is 0.968 bits per heavy atom. The van der Waals surface area contributed by atoms with Crippen LogP contribution in [-0.2, 0) is 4.79 Å². The van der Waals surface area contributed by atoms with E-state index < -0.39 is 0 Å². The number of nitrogens with zero attached hydrogens (tertiary/aromatic N) is 7. The Morgan fingerprint density at radius 3 is 2.32 bits per heavy atom. The van der Waals surface area contributed by atoms with Gasteiger partial charge < -0.3 is 14.7 Å². The maximum absolute atomic E-state index is 13.4. The summed E-state index contributed by atoms with van der Waals surface area (Å²) in [7, 11) is 1.95. The second-order valence-corrected chi connectivity index (χ2v) is 8.97. The van der Waals surface area contributed by atoms with E-state index in [0.717, 1.165) is 51.1 Å². The molecule has 9 nitrogen and oxygen atoms in total. The molecule has 31 heavy (non-hydrogen) atoms. The van der Waals surface area contributed by atoms with Crippen LogP contribution in [0.25, 0.3) is 0 Å². The number of hydrogen-bond donors (Lipinski definition) is 0. The number of piperidine rings is 2. The molecule has 0 aliphatic carbocycles. The first-order valence-corrected chi connectivity index (χ1v) is 10.9. The van der Waals surface area contributed by atoms with Crippen LogP contribution < -0.4 is 4.90 Å². The molecule has 0 saturated carbocycles. The van der Waals surface area contributed by atoms with Crippen molar-refractivity contribution in [2.24, 2.45) is 5.41 Å². The summed E-state index contributed by atoms with van der Waals surface area (Å²) in [5, 5.41) is 0. The Balaban J connectivity index is 1.26. The van der Waals surface area contributed by atoms with Gasteiger partial charge in [0.2, 0.25) is 11.9 Å². The van der Waals surface area contributed by atoms with Crippen LogP contribution in [-0.4, -0.2) is 80.3 Å². The van der Waals surface area contributed by atoms with Gasteiger partial charge in [0.05, 0.1) is 5.41 Å². The zero-order chi connectivity index (χ0) is 21.5. The van der Waals surface area contributed by atoms with Gasteiger partial charge in [-0.25, -0.2) is 19.9 Å². The van der Waals surface area contributed by atoms with E-state index >= 15 is 0 Å². The third kappa shape index (κ3) is 3.32. The molecular weight excluding hydrogens is 394 g/mol. The van der Waals surface area contributed by atoms with Crippen molar-refractivity contribution in [3.8, 4) is 0 Å². The first-order valence-electron chi connectivity index (χ1n) is 10.9. The molecule has 3 aliphatic heterocycles. The normalized spacial score (nSPS) is 22.4. The number of aromatic nitrogens is 4. The highest BCUT2D eigenvalue weighted by Crippen LogP contribution is 2.52. The Bertz CT molecular complexity index is 952. The largest absolute Gasteiger partial charge is 0.341 e. The van der Waals surface area contributed by atoms with Crippen molar-refractivity contribution in [3.05, 3.63) is 42.7 Å². The predicted octanol–water partition coefficient (Wildman–Crippen LogP) is 1.39. The van der Waals surface area contributed by atoms with Crippen LogP contribution in [0.5, 0.6) is 0 Å². The van der Waals surface area contributed by atoms with Crippen molar-refractivity contribution in [2.45, 2.75) is 37.6 Å². The molecule has 5 rings (SSSR count). The molecule has 0 aromatic carbocycles. The van der Waals surface area contributed by atoms with Crippen LogP contribution in [0.1, 0.15) is 42.6 Å². The molecule has 3 aliphatic rings. The number of rotatable bonds is 2. The fourth-order valence-corrected chi connectivity index (χ4v) is 5.59. The number of amides is 2. The summed E-state index contributed by atoms with van der Waals surface area (Å²) in [5.41, 5.74) is -0.0436. The standard InChI is InChI=1S/C22H27N7O2/c1-27-19(31)21(4-11-29(12-5-21)20-24-8-2-9-25-20)15-22(27)6-13-28(14-7-22)18(30)17-3-10-23-16-26-17/h2-3,8-10,16H,4-7,11-15H2,1H3. The third-order valence-electron chi connectivity index (χ3n) is 7.48. The summed E-state index contributed by atoms with van der Waals surface area (Å²) >= 11 is 0. The zero-order valence-electron chi connectivity index (χ0n) is 17.8. The van der Waals surface area contributed by atoms with E-state index in [1.165, 1.54) is 6.33 Å². The average molecular weight is 422 g/mol. The number of anilines is 1. The number of hydrogen-bond acceptors (Lipinski definition) is 7. The van der Waals surface area contributed by atoms with Crippen LogP contribution in [0.3, 0.4) is 0 Å². The van der Waals surface area contributed by atoms with Gasteiger partial charge in [-0.3, -0.25) is 9.59 Å². The molecule has 162 valence electrons. The van der Waals surface area contributed by atoms with Crippen LogP contribution in [0.2, 0.25) is 0 Å². The van der Waals surface area contributed by atoms with Crippen molar-refractivity contribution < 1.29 is 9.59 Å². The quantitative estimate of drug-likeness (QED) is 0.723. The van der Waals surface area contributed by atoms with Gasteiger partial charge in [0, 0.05) is 57.4 Å². The van der Waals surface area contributed by atoms with Gasteiger partial charge >= 0.3 is 0 Å². The van der Waals surface area contributed by atoms with Crippen molar-refractivity contribution in [2.75, 3.05) is 38.1 Å². The molecule has 3 fully saturated rings. The van der Waals surface area contributed by atoms with Crippen molar-refractivity contribution in [1.82, 2.24) is 29.7 Å². The summed E-state index contributed by atoms with van der Waals surface area (Å²) in [6, 6.07) is 3.47. The molecule has 5 heterocycles. The van der Waals surface area contributed by atoms with E-state index in [0.29, 0.717) is 18.8 Å². The summed E-state index contributed by atoms with van der Waals surface area (Å²) in [6.45, 7) is 2.86. The minimum atomic E-state index is -0.307. The Morgan fingerprint density at radius 2 is 1.68 bits per heavy atom. The van der Waals surface area contributed by atoms with Gasteiger partial charge in [0.25, 0.3) is 5.91 Å². The molecule has 2 amide bonds. The van der Waals surface area contributed by atoms with Gasteiger partial charge in [0.15, 0.2) is 0 Å². The lowest BCUT2D eigenvalue weighted by molar-refractivity contribution is -0.138. The highest BCUT2D eigenvalue weighted by molar-refractivity contribution is 5.92. The van der Waals surface area contributed by atoms with Crippen LogP contribution in [0, 0.1) is 5.41 Å². The van der Waals surface area contributed by atoms with Gasteiger partial charge in [-0.15, -0.1) is 0 Å². The minimum absolute atomic E-state index is 0.0601. The molecule has 3 saturated heterocycles. The van der Waals surface area contributed by atoms with Crippen LogP contribution in [0.4, 0.5) is 5.95 Å². The molecular formula is C22H27N7O2. The van der Waals surface area contributed by atoms with Crippen molar-refractivity contribution >= 4 is 17.8 Å². The summed E-state index contributed by atoms with van der Waals surface area (Å²) in [6.07, 6.45) is 10.6. The number of carbonyl (C=O) groups excluding carboxylic acids is 2. The summed E-state index contributed by atoms with van der Waals surface area (Å²) in [4.78, 5) is 48.9. The SMILES string of the molecule is CN1C(=O)C2(CCN(c3ncccn3)CC2)CC12CCN(C(=O)c1ccncn1)CC2. The fourth-order valence-electron chi connectivity index (χ4n) is 5.59. The first kappa shape index (κ1) is 19.8. The molecule has 2 aromatic rings. The van der Waals surface area contributed by atoms with Crippen molar-refractivity contribution in [3.63, 3.8) is 0 Å². The lowest BCUT2D eigenvalue weighted by atomic mass is 9.71. The van der Waals surface area contributed by atoms with E-state index in [2.05, 4.69) is 24.8 Å². The van der Waals surface area contributed by atoms with Crippen LogP contribution in [0.15, 0.2) is 37.1 Å². The lowest BCUT2D eigenvalue weighted by Gasteiger charge is -2.44. The molecule has 0 atom stereocenters. The van der Waals surface area contributed by atoms with E-state index in [1.54, 1.807) is 24.7 Å². The maximum atomic E-state index is 13.4. The molecule has 2 aromatic heterocycles. The second kappa shape index (κ2) is 7.55. The highest BCUT2D eigenvalue weighted by Gasteiger charge is 2.59. The van der Waals surface area contributed by atoms with E-state index in [1.807, 2.05) is 22.9 Å². The van der Waals surface area contributed by atoms with Crippen LogP contribution >= 0.6 is 0 Å². The molecule has 0 radical (unpaired) electrons. The molecule has 2 spiro atoms. The third-order valence-corrected chi connectivity index (χ3v) is 7.48. The van der Waals surface area contributed by atoms with E-state index in [4.69, 9.17) is 0 Å². The summed E-state index contributed by atoms with van der Waals surface area (Å²) < 4.78 is 0. The Kier molecular flexibility index (Phi) is 4.83. The zero-order valence-corrected chi connectivity index (χ0v) is 17.8. The van der Waals surface area contributed by atoms with E-state index in [9.17, 15) is 9.59 Å². The monoisotopic (exact) mass is 421 g/mol. The lowest BCUT2D eigenvalue weighted by Crippen LogP contribution is -2.52. The van der Waals surface area contributed by atoms with Gasteiger partial charge in [0.1, 0.15) is 12.0 Å². The maximum Gasteiger partial charge on any atom is 0.272 e. The number of likely N-dealkylation sites (tertiary alicyclic amines) is 2. The van der Waals surface area contributed by atoms with Gasteiger partial charge in [-0.1, -0.05) is 0 Å².